The third-order valence-corrected chi connectivity index (χ3v) is 4.13. The van der Waals surface area contributed by atoms with Crippen molar-refractivity contribution >= 4 is 11.8 Å². The summed E-state index contributed by atoms with van der Waals surface area (Å²) in [6.07, 6.45) is 4.56. The van der Waals surface area contributed by atoms with Gasteiger partial charge in [0.25, 0.3) is 0 Å². The van der Waals surface area contributed by atoms with Gasteiger partial charge in [0, 0.05) is 24.0 Å². The summed E-state index contributed by atoms with van der Waals surface area (Å²) in [5.41, 5.74) is 5.42. The van der Waals surface area contributed by atoms with Gasteiger partial charge in [-0.05, 0) is 49.4 Å². The molecule has 1 aliphatic rings. The topological polar surface area (TPSA) is 43.4 Å². The second-order valence-corrected chi connectivity index (χ2v) is 5.72. The maximum Gasteiger partial charge on any atom is 0.330 e. The monoisotopic (exact) mass is 286 g/mol. The van der Waals surface area contributed by atoms with Crippen molar-refractivity contribution in [1.82, 2.24) is 0 Å². The second kappa shape index (κ2) is 6.25. The van der Waals surface area contributed by atoms with Gasteiger partial charge in [-0.1, -0.05) is 19.1 Å². The molecule has 0 heterocycles. The van der Waals surface area contributed by atoms with E-state index in [4.69, 9.17) is 4.74 Å². The molecule has 0 saturated heterocycles. The minimum absolute atomic E-state index is 0.0841. The smallest absolute Gasteiger partial charge is 0.330 e. The predicted molar refractivity (Wildman–Crippen MR) is 82.6 cm³/mol. The van der Waals surface area contributed by atoms with Gasteiger partial charge in [-0.2, -0.15) is 0 Å². The Bertz CT molecular complexity index is 611. The van der Waals surface area contributed by atoms with Gasteiger partial charge in [-0.15, -0.1) is 0 Å². The lowest BCUT2D eigenvalue weighted by Gasteiger charge is -2.14. The lowest BCUT2D eigenvalue weighted by molar-refractivity contribution is -0.137. The van der Waals surface area contributed by atoms with Crippen LogP contribution in [0.25, 0.3) is 0 Å². The highest BCUT2D eigenvalue weighted by molar-refractivity contribution is 6.03. The lowest BCUT2D eigenvalue weighted by atomic mass is 9.92. The van der Waals surface area contributed by atoms with E-state index in [0.717, 1.165) is 28.7 Å². The first-order chi connectivity index (χ1) is 9.95. The van der Waals surface area contributed by atoms with Crippen LogP contribution in [0.5, 0.6) is 0 Å². The van der Waals surface area contributed by atoms with Crippen LogP contribution in [-0.4, -0.2) is 18.4 Å². The van der Waals surface area contributed by atoms with Gasteiger partial charge in [0.2, 0.25) is 0 Å². The maximum absolute atomic E-state index is 12.3. The second-order valence-electron chi connectivity index (χ2n) is 5.72. The fraction of sp³-hybridized carbons (Fsp3) is 0.444. The Morgan fingerprint density at radius 1 is 1.43 bits per heavy atom. The molecule has 0 bridgehead atoms. The summed E-state index contributed by atoms with van der Waals surface area (Å²) in [5.74, 6) is 0.00851. The Hall–Kier alpha value is -1.90. The molecule has 0 aliphatic heterocycles. The maximum atomic E-state index is 12.3. The molecule has 1 aliphatic carbocycles. The molecular formula is C18H22O3. The number of Topliss-reactive ketones (excluding diaryl/α,β-unsaturated/α-hetero) is 1. The average molecular weight is 286 g/mol. The average Bonchev–Trinajstić information content (AvgIpc) is 2.69. The number of aryl methyl sites for hydroxylation is 1. The number of ether oxygens (including phenoxy) is 1. The van der Waals surface area contributed by atoms with Crippen LogP contribution < -0.4 is 0 Å². The molecule has 3 nitrogen and oxygen atoms in total. The summed E-state index contributed by atoms with van der Waals surface area (Å²) >= 11 is 0. The summed E-state index contributed by atoms with van der Waals surface area (Å²) in [5, 5.41) is 0. The molecule has 21 heavy (non-hydrogen) atoms. The summed E-state index contributed by atoms with van der Waals surface area (Å²) in [6, 6.07) is 2.12. The SMILES string of the molecule is CC=CC(=O)OCCc1c(C)cc2c(c1C)C(=O)[C@@H](C)C2. The van der Waals surface area contributed by atoms with Crippen molar-refractivity contribution in [1.29, 1.82) is 0 Å². The molecular weight excluding hydrogens is 264 g/mol. The van der Waals surface area contributed by atoms with Crippen LogP contribution in [0, 0.1) is 19.8 Å². The number of allylic oxidation sites excluding steroid dienone is 1. The normalized spacial score (nSPS) is 17.3. The third-order valence-electron chi connectivity index (χ3n) is 4.13. The molecule has 0 saturated carbocycles. The molecule has 2 rings (SSSR count). The molecule has 3 heteroatoms. The lowest BCUT2D eigenvalue weighted by Crippen LogP contribution is -2.10. The zero-order chi connectivity index (χ0) is 15.6. The number of carbonyl (C=O) groups is 2. The summed E-state index contributed by atoms with van der Waals surface area (Å²) in [7, 11) is 0. The number of ketones is 1. The Balaban J connectivity index is 2.18. The van der Waals surface area contributed by atoms with Crippen LogP contribution in [0.15, 0.2) is 18.2 Å². The van der Waals surface area contributed by atoms with Crippen LogP contribution in [-0.2, 0) is 22.4 Å². The van der Waals surface area contributed by atoms with E-state index in [2.05, 4.69) is 13.0 Å². The van der Waals surface area contributed by atoms with E-state index in [0.29, 0.717) is 13.0 Å². The largest absolute Gasteiger partial charge is 0.462 e. The fourth-order valence-corrected chi connectivity index (χ4v) is 3.10. The number of benzene rings is 1. The number of esters is 1. The summed E-state index contributed by atoms with van der Waals surface area (Å²) in [4.78, 5) is 23.6. The van der Waals surface area contributed by atoms with Crippen molar-refractivity contribution in [3.05, 3.63) is 46.0 Å². The van der Waals surface area contributed by atoms with E-state index >= 15 is 0 Å². The highest BCUT2D eigenvalue weighted by Crippen LogP contribution is 2.32. The van der Waals surface area contributed by atoms with Crippen molar-refractivity contribution < 1.29 is 14.3 Å². The van der Waals surface area contributed by atoms with Crippen LogP contribution in [0.4, 0.5) is 0 Å². The van der Waals surface area contributed by atoms with Crippen molar-refractivity contribution in [3.8, 4) is 0 Å². The van der Waals surface area contributed by atoms with E-state index in [-0.39, 0.29) is 17.7 Å². The molecule has 1 aromatic rings. The van der Waals surface area contributed by atoms with E-state index in [1.807, 2.05) is 13.8 Å². The predicted octanol–water partition coefficient (Wildman–Crippen LogP) is 3.34. The van der Waals surface area contributed by atoms with Crippen LogP contribution in [0.1, 0.15) is 46.5 Å². The zero-order valence-electron chi connectivity index (χ0n) is 13.2. The number of carbonyl (C=O) groups excluding carboxylic acids is 2. The number of fused-ring (bicyclic) bond motifs is 1. The number of rotatable bonds is 4. The zero-order valence-corrected chi connectivity index (χ0v) is 13.2. The molecule has 1 aromatic carbocycles. The molecule has 0 amide bonds. The molecule has 0 spiro atoms. The Kier molecular flexibility index (Phi) is 4.61. The minimum atomic E-state index is -0.321. The Labute approximate surface area is 126 Å². The molecule has 1 atom stereocenters. The number of hydrogen-bond donors (Lipinski definition) is 0. The van der Waals surface area contributed by atoms with Crippen LogP contribution in [0.3, 0.4) is 0 Å². The van der Waals surface area contributed by atoms with E-state index in [1.165, 1.54) is 11.6 Å². The van der Waals surface area contributed by atoms with Gasteiger partial charge in [0.1, 0.15) is 0 Å². The summed E-state index contributed by atoms with van der Waals surface area (Å²) < 4.78 is 5.15. The van der Waals surface area contributed by atoms with Crippen LogP contribution in [0.2, 0.25) is 0 Å². The molecule has 0 radical (unpaired) electrons. The molecule has 0 N–H and O–H groups in total. The highest BCUT2D eigenvalue weighted by Gasteiger charge is 2.30. The molecule has 112 valence electrons. The van der Waals surface area contributed by atoms with Crippen molar-refractivity contribution in [3.63, 3.8) is 0 Å². The van der Waals surface area contributed by atoms with E-state index < -0.39 is 0 Å². The molecule has 0 fully saturated rings. The van der Waals surface area contributed by atoms with Crippen molar-refractivity contribution in [2.75, 3.05) is 6.61 Å². The van der Waals surface area contributed by atoms with E-state index in [9.17, 15) is 9.59 Å². The van der Waals surface area contributed by atoms with Gasteiger partial charge >= 0.3 is 5.97 Å². The third kappa shape index (κ3) is 3.07. The fourth-order valence-electron chi connectivity index (χ4n) is 3.10. The number of hydrogen-bond acceptors (Lipinski definition) is 3. The first kappa shape index (κ1) is 15.5. The first-order valence-electron chi connectivity index (χ1n) is 7.41. The van der Waals surface area contributed by atoms with Crippen LogP contribution >= 0.6 is 0 Å². The quantitative estimate of drug-likeness (QED) is 0.630. The molecule has 0 unspecified atom stereocenters. The Morgan fingerprint density at radius 3 is 2.81 bits per heavy atom. The van der Waals surface area contributed by atoms with Crippen molar-refractivity contribution in [2.45, 2.75) is 40.5 Å². The van der Waals surface area contributed by atoms with Gasteiger partial charge < -0.3 is 4.74 Å². The molecule has 0 aromatic heterocycles. The van der Waals surface area contributed by atoms with Gasteiger partial charge in [-0.3, -0.25) is 4.79 Å². The Morgan fingerprint density at radius 2 is 2.14 bits per heavy atom. The minimum Gasteiger partial charge on any atom is -0.462 e. The van der Waals surface area contributed by atoms with Gasteiger partial charge in [0.15, 0.2) is 5.78 Å². The first-order valence-corrected chi connectivity index (χ1v) is 7.41. The van der Waals surface area contributed by atoms with Gasteiger partial charge in [0.05, 0.1) is 6.61 Å². The highest BCUT2D eigenvalue weighted by atomic mass is 16.5. The van der Waals surface area contributed by atoms with E-state index in [1.54, 1.807) is 13.0 Å². The van der Waals surface area contributed by atoms with Crippen molar-refractivity contribution in [2.24, 2.45) is 5.92 Å². The summed E-state index contributed by atoms with van der Waals surface area (Å²) in [6.45, 7) is 8.17. The standard InChI is InChI=1S/C18H22O3/c1-5-6-16(19)21-8-7-15-11(2)9-14-10-12(3)18(20)17(14)13(15)4/h5-6,9,12H,7-8,10H2,1-4H3/t12-/m0/s1. The van der Waals surface area contributed by atoms with Gasteiger partial charge in [-0.25, -0.2) is 4.79 Å².